The van der Waals surface area contributed by atoms with Crippen molar-refractivity contribution in [1.29, 1.82) is 0 Å². The maximum atomic E-state index is 13.3. The summed E-state index contributed by atoms with van der Waals surface area (Å²) in [6, 6.07) is 12.8. The molecule has 2 aliphatic rings. The lowest BCUT2D eigenvalue weighted by Crippen LogP contribution is -2.29. The van der Waals surface area contributed by atoms with Gasteiger partial charge in [0, 0.05) is 23.9 Å². The first kappa shape index (κ1) is 22.6. The zero-order valence-corrected chi connectivity index (χ0v) is 19.7. The number of fused-ring (bicyclic) bond motifs is 2. The molecule has 0 bridgehead atoms. The first-order valence-electron chi connectivity index (χ1n) is 11.1. The van der Waals surface area contributed by atoms with Crippen molar-refractivity contribution in [2.75, 3.05) is 18.1 Å². The molecule has 1 N–H and O–H groups in total. The van der Waals surface area contributed by atoms with E-state index in [1.165, 1.54) is 29.3 Å². The number of carbonyl (C=O) groups is 2. The van der Waals surface area contributed by atoms with E-state index in [2.05, 4.69) is 9.97 Å². The van der Waals surface area contributed by atoms with E-state index < -0.39 is 28.4 Å². The van der Waals surface area contributed by atoms with Crippen LogP contribution in [0.5, 0.6) is 11.5 Å². The molecular weight excluding hydrogens is 500 g/mol. The number of nitro groups is 1. The normalized spacial score (nSPS) is 18.4. The SMILES string of the molecule is O=C1C(=O)N(c2nc3ccc([N+](=O)[O-])cc3s2)C(c2ccccn2)/C1=C(\O)c1ccc2c(c1)OCCO2. The number of ether oxygens (including phenoxy) is 2. The first-order valence-corrected chi connectivity index (χ1v) is 11.9. The molecule has 1 unspecified atom stereocenters. The van der Waals surface area contributed by atoms with Gasteiger partial charge in [0.1, 0.15) is 25.0 Å². The van der Waals surface area contributed by atoms with Crippen LogP contribution in [0.15, 0.2) is 66.4 Å². The maximum Gasteiger partial charge on any atom is 0.301 e. The quantitative estimate of drug-likeness (QED) is 0.140. The predicted octanol–water partition coefficient (Wildman–Crippen LogP) is 4.00. The predicted molar refractivity (Wildman–Crippen MR) is 133 cm³/mol. The Balaban J connectivity index is 1.52. The number of aliphatic hydroxyl groups is 1. The van der Waals surface area contributed by atoms with Gasteiger partial charge in [-0.05, 0) is 36.4 Å². The summed E-state index contributed by atoms with van der Waals surface area (Å²) in [5, 5.41) is 22.7. The van der Waals surface area contributed by atoms with E-state index in [0.29, 0.717) is 40.6 Å². The number of hydrogen-bond donors (Lipinski definition) is 1. The number of Topliss-reactive ketones (excluding diaryl/α,β-unsaturated/α-hetero) is 1. The Labute approximate surface area is 212 Å². The van der Waals surface area contributed by atoms with E-state index in [9.17, 15) is 24.8 Å². The minimum atomic E-state index is -1.08. The Morgan fingerprint density at radius 3 is 2.65 bits per heavy atom. The summed E-state index contributed by atoms with van der Waals surface area (Å²) in [5.74, 6) is -1.29. The van der Waals surface area contributed by atoms with Crippen molar-refractivity contribution < 1.29 is 29.1 Å². The van der Waals surface area contributed by atoms with Crippen molar-refractivity contribution >= 4 is 49.8 Å². The maximum absolute atomic E-state index is 13.3. The lowest BCUT2D eigenvalue weighted by atomic mass is 9.98. The summed E-state index contributed by atoms with van der Waals surface area (Å²) in [4.78, 5) is 47.3. The third kappa shape index (κ3) is 3.74. The van der Waals surface area contributed by atoms with Gasteiger partial charge in [-0.15, -0.1) is 0 Å². The second kappa shape index (κ2) is 8.68. The number of amides is 1. The van der Waals surface area contributed by atoms with Crippen molar-refractivity contribution in [2.24, 2.45) is 0 Å². The molecule has 0 spiro atoms. The zero-order valence-electron chi connectivity index (χ0n) is 18.9. The van der Waals surface area contributed by atoms with E-state index in [1.807, 2.05) is 0 Å². The second-order valence-corrected chi connectivity index (χ2v) is 9.20. The molecular formula is C25H16N4O7S. The molecule has 2 aromatic heterocycles. The van der Waals surface area contributed by atoms with Gasteiger partial charge in [0.15, 0.2) is 16.6 Å². The number of ketones is 1. The molecule has 0 saturated carbocycles. The van der Waals surface area contributed by atoms with Gasteiger partial charge in [0.2, 0.25) is 0 Å². The highest BCUT2D eigenvalue weighted by Crippen LogP contribution is 2.44. The number of hydrogen-bond acceptors (Lipinski definition) is 10. The highest BCUT2D eigenvalue weighted by Gasteiger charge is 2.49. The minimum Gasteiger partial charge on any atom is -0.507 e. The molecule has 1 saturated heterocycles. The van der Waals surface area contributed by atoms with Gasteiger partial charge in [0.05, 0.1) is 26.4 Å². The average Bonchev–Trinajstić information content (AvgIpc) is 3.46. The van der Waals surface area contributed by atoms with Crippen molar-refractivity contribution in [1.82, 2.24) is 9.97 Å². The molecule has 1 atom stereocenters. The fourth-order valence-electron chi connectivity index (χ4n) is 4.31. The number of nitro benzene ring substituents is 1. The van der Waals surface area contributed by atoms with E-state index >= 15 is 0 Å². The summed E-state index contributed by atoms with van der Waals surface area (Å²) in [5.41, 5.74) is 0.753. The Morgan fingerprint density at radius 2 is 1.89 bits per heavy atom. The number of benzene rings is 2. The number of pyridine rings is 1. The monoisotopic (exact) mass is 516 g/mol. The van der Waals surface area contributed by atoms with Gasteiger partial charge in [-0.3, -0.25) is 29.6 Å². The molecule has 37 heavy (non-hydrogen) atoms. The molecule has 0 aliphatic carbocycles. The van der Waals surface area contributed by atoms with Crippen LogP contribution in [0.2, 0.25) is 0 Å². The van der Waals surface area contributed by atoms with Gasteiger partial charge < -0.3 is 14.6 Å². The largest absolute Gasteiger partial charge is 0.507 e. The fourth-order valence-corrected chi connectivity index (χ4v) is 5.34. The molecule has 1 fully saturated rings. The molecule has 1 amide bonds. The summed E-state index contributed by atoms with van der Waals surface area (Å²) in [6.45, 7) is 0.736. The zero-order chi connectivity index (χ0) is 25.7. The van der Waals surface area contributed by atoms with Crippen molar-refractivity contribution in [3.05, 3.63) is 87.7 Å². The first-order chi connectivity index (χ1) is 17.9. The number of rotatable bonds is 4. The number of carbonyl (C=O) groups excluding carboxylic acids is 2. The topological polar surface area (TPSA) is 145 Å². The van der Waals surface area contributed by atoms with Gasteiger partial charge in [-0.2, -0.15) is 0 Å². The molecule has 4 heterocycles. The van der Waals surface area contributed by atoms with E-state index in [0.717, 1.165) is 11.3 Å². The van der Waals surface area contributed by atoms with Crippen LogP contribution in [0.3, 0.4) is 0 Å². The number of nitrogens with zero attached hydrogens (tertiary/aromatic N) is 4. The molecule has 12 heteroatoms. The third-order valence-corrected chi connectivity index (χ3v) is 7.02. The number of aliphatic hydroxyl groups excluding tert-OH is 1. The molecule has 184 valence electrons. The summed E-state index contributed by atoms with van der Waals surface area (Å²) >= 11 is 1.03. The van der Waals surface area contributed by atoms with Crippen LogP contribution in [-0.4, -0.2) is 44.9 Å². The van der Waals surface area contributed by atoms with E-state index in [1.54, 1.807) is 36.4 Å². The van der Waals surface area contributed by atoms with Crippen molar-refractivity contribution in [3.8, 4) is 11.5 Å². The highest BCUT2D eigenvalue weighted by atomic mass is 32.1. The Bertz CT molecular complexity index is 1630. The summed E-state index contributed by atoms with van der Waals surface area (Å²) in [7, 11) is 0. The van der Waals surface area contributed by atoms with Crippen molar-refractivity contribution in [2.45, 2.75) is 6.04 Å². The number of thiazole rings is 1. The van der Waals surface area contributed by atoms with Crippen LogP contribution in [0.4, 0.5) is 10.8 Å². The standard InChI is InChI=1S/C25H16N4O7S/c30-22(13-4-7-17-18(11-13)36-10-9-35-17)20-21(16-3-1-2-8-26-16)28(24(32)23(20)31)25-27-15-6-5-14(29(33)34)12-19(15)37-25/h1-8,11-12,21,30H,9-10H2/b22-20+. The highest BCUT2D eigenvalue weighted by molar-refractivity contribution is 7.22. The minimum absolute atomic E-state index is 0.121. The van der Waals surface area contributed by atoms with E-state index in [-0.39, 0.29) is 22.0 Å². The molecule has 4 aromatic rings. The smallest absolute Gasteiger partial charge is 0.301 e. The number of aromatic nitrogens is 2. The summed E-state index contributed by atoms with van der Waals surface area (Å²) < 4.78 is 11.6. The average molecular weight is 516 g/mol. The molecule has 6 rings (SSSR count). The second-order valence-electron chi connectivity index (χ2n) is 8.19. The third-order valence-electron chi connectivity index (χ3n) is 6.01. The Kier molecular flexibility index (Phi) is 5.30. The van der Waals surface area contributed by atoms with Crippen LogP contribution in [-0.2, 0) is 9.59 Å². The van der Waals surface area contributed by atoms with Crippen molar-refractivity contribution in [3.63, 3.8) is 0 Å². The molecule has 11 nitrogen and oxygen atoms in total. The molecule has 2 aromatic carbocycles. The van der Waals surface area contributed by atoms with Crippen LogP contribution in [0, 0.1) is 10.1 Å². The van der Waals surface area contributed by atoms with Gasteiger partial charge in [-0.25, -0.2) is 4.98 Å². The molecule has 2 aliphatic heterocycles. The Hall–Kier alpha value is -4.84. The lowest BCUT2D eigenvalue weighted by molar-refractivity contribution is -0.384. The Morgan fingerprint density at radius 1 is 1.08 bits per heavy atom. The van der Waals surface area contributed by atoms with Gasteiger partial charge in [-0.1, -0.05) is 17.4 Å². The summed E-state index contributed by atoms with van der Waals surface area (Å²) in [6.07, 6.45) is 1.52. The lowest BCUT2D eigenvalue weighted by Gasteiger charge is -2.22. The van der Waals surface area contributed by atoms with Crippen LogP contribution in [0.1, 0.15) is 17.3 Å². The van der Waals surface area contributed by atoms with Gasteiger partial charge >= 0.3 is 5.91 Å². The van der Waals surface area contributed by atoms with Crippen LogP contribution in [0.25, 0.3) is 16.0 Å². The van der Waals surface area contributed by atoms with Crippen LogP contribution < -0.4 is 14.4 Å². The van der Waals surface area contributed by atoms with Gasteiger partial charge in [0.25, 0.3) is 11.5 Å². The number of anilines is 1. The van der Waals surface area contributed by atoms with Crippen LogP contribution >= 0.6 is 11.3 Å². The van der Waals surface area contributed by atoms with E-state index in [4.69, 9.17) is 9.47 Å². The fraction of sp³-hybridized carbons (Fsp3) is 0.120. The molecule has 0 radical (unpaired) electrons. The number of non-ortho nitro benzene ring substituents is 1.